The zero-order chi connectivity index (χ0) is 20.0. The number of furan rings is 1. The molecular formula is C19H15N5O3S2. The molecule has 0 N–H and O–H groups in total. The van der Waals surface area contributed by atoms with E-state index >= 15 is 0 Å². The minimum atomic E-state index is -3.78. The molecule has 0 spiro atoms. The predicted octanol–water partition coefficient (Wildman–Crippen LogP) is 3.81. The van der Waals surface area contributed by atoms with Crippen LogP contribution in [-0.2, 0) is 10.0 Å². The van der Waals surface area contributed by atoms with Gasteiger partial charge in [0.1, 0.15) is 4.21 Å². The van der Waals surface area contributed by atoms with E-state index in [1.807, 2.05) is 24.3 Å². The monoisotopic (exact) mass is 425 g/mol. The first-order valence-electron chi connectivity index (χ1n) is 8.85. The number of benzene rings is 1. The molecule has 29 heavy (non-hydrogen) atoms. The molecule has 4 aromatic heterocycles. The van der Waals surface area contributed by atoms with Crippen molar-refractivity contribution in [2.45, 2.75) is 11.1 Å². The topological polar surface area (TPSA) is 93.6 Å². The number of anilines is 1. The maximum atomic E-state index is 13.3. The molecule has 0 saturated carbocycles. The third-order valence-electron chi connectivity index (χ3n) is 4.52. The minimum Gasteiger partial charge on any atom is -0.461 e. The summed E-state index contributed by atoms with van der Waals surface area (Å²) in [5.41, 5.74) is 1.73. The first kappa shape index (κ1) is 17.8. The quantitative estimate of drug-likeness (QED) is 0.425. The van der Waals surface area contributed by atoms with Crippen molar-refractivity contribution in [1.82, 2.24) is 19.6 Å². The van der Waals surface area contributed by atoms with E-state index in [2.05, 4.69) is 15.2 Å². The largest absolute Gasteiger partial charge is 0.461 e. The fourth-order valence-electron chi connectivity index (χ4n) is 3.25. The number of hydrogen-bond acceptors (Lipinski definition) is 7. The average molecular weight is 425 g/mol. The first-order valence-corrected chi connectivity index (χ1v) is 11.2. The summed E-state index contributed by atoms with van der Waals surface area (Å²) in [7, 11) is -3.78. The van der Waals surface area contributed by atoms with E-state index in [0.717, 1.165) is 5.52 Å². The van der Waals surface area contributed by atoms with Crippen LogP contribution in [0.3, 0.4) is 0 Å². The molecule has 0 aliphatic heterocycles. The van der Waals surface area contributed by atoms with Gasteiger partial charge >= 0.3 is 0 Å². The summed E-state index contributed by atoms with van der Waals surface area (Å²) in [4.78, 5) is 4.64. The molecule has 5 aromatic rings. The summed E-state index contributed by atoms with van der Waals surface area (Å²) in [6.45, 7) is 1.96. The normalized spacial score (nSPS) is 12.0. The van der Waals surface area contributed by atoms with E-state index in [1.54, 1.807) is 47.2 Å². The van der Waals surface area contributed by atoms with Gasteiger partial charge in [0.15, 0.2) is 11.6 Å². The molecule has 8 nitrogen and oxygen atoms in total. The van der Waals surface area contributed by atoms with Gasteiger partial charge in [-0.15, -0.1) is 21.5 Å². The van der Waals surface area contributed by atoms with Gasteiger partial charge in [-0.05, 0) is 42.6 Å². The van der Waals surface area contributed by atoms with Crippen LogP contribution in [-0.4, -0.2) is 34.5 Å². The molecule has 0 radical (unpaired) electrons. The Morgan fingerprint density at radius 3 is 2.69 bits per heavy atom. The van der Waals surface area contributed by atoms with Crippen LogP contribution >= 0.6 is 11.3 Å². The highest BCUT2D eigenvalue weighted by molar-refractivity contribution is 7.94. The van der Waals surface area contributed by atoms with Crippen LogP contribution < -0.4 is 4.31 Å². The van der Waals surface area contributed by atoms with Crippen molar-refractivity contribution in [2.24, 2.45) is 0 Å². The molecule has 0 amide bonds. The zero-order valence-electron chi connectivity index (χ0n) is 15.3. The van der Waals surface area contributed by atoms with Gasteiger partial charge in [-0.2, -0.15) is 0 Å². The lowest BCUT2D eigenvalue weighted by Crippen LogP contribution is -2.31. The number of aromatic nitrogens is 4. The third kappa shape index (κ3) is 2.71. The van der Waals surface area contributed by atoms with Gasteiger partial charge in [0.25, 0.3) is 10.0 Å². The van der Waals surface area contributed by atoms with E-state index in [0.29, 0.717) is 22.7 Å². The van der Waals surface area contributed by atoms with Crippen molar-refractivity contribution < 1.29 is 12.8 Å². The third-order valence-corrected chi connectivity index (χ3v) is 7.75. The Labute approximate surface area is 170 Å². The van der Waals surface area contributed by atoms with Crippen molar-refractivity contribution >= 4 is 43.9 Å². The maximum Gasteiger partial charge on any atom is 0.275 e. The van der Waals surface area contributed by atoms with Crippen molar-refractivity contribution in [3.8, 4) is 11.6 Å². The number of para-hydroxylation sites is 2. The van der Waals surface area contributed by atoms with E-state index in [4.69, 9.17) is 4.42 Å². The van der Waals surface area contributed by atoms with Crippen LogP contribution in [0.25, 0.3) is 28.3 Å². The van der Waals surface area contributed by atoms with Gasteiger partial charge in [-0.25, -0.2) is 17.7 Å². The highest BCUT2D eigenvalue weighted by Crippen LogP contribution is 2.32. The summed E-state index contributed by atoms with van der Waals surface area (Å²) >= 11 is 1.17. The molecule has 0 saturated heterocycles. The second-order valence-electron chi connectivity index (χ2n) is 6.19. The van der Waals surface area contributed by atoms with E-state index in [-0.39, 0.29) is 16.6 Å². The van der Waals surface area contributed by atoms with E-state index in [1.165, 1.54) is 15.6 Å². The highest BCUT2D eigenvalue weighted by atomic mass is 32.2. The Bertz CT molecular complexity index is 1410. The summed E-state index contributed by atoms with van der Waals surface area (Å²) in [5.74, 6) is 1.24. The Kier molecular flexibility index (Phi) is 4.10. The number of hydrogen-bond donors (Lipinski definition) is 0. The van der Waals surface area contributed by atoms with Crippen LogP contribution in [0.15, 0.2) is 68.8 Å². The van der Waals surface area contributed by atoms with E-state index in [9.17, 15) is 8.42 Å². The predicted molar refractivity (Wildman–Crippen MR) is 111 cm³/mol. The standard InChI is InChI=1S/C19H15N5O3S2/c1-2-23(29(25,26)16-10-6-12-28-16)18-19-22-21-17(15-9-5-11-27-15)24(19)14-8-4-3-7-13(14)20-18/h3-12H,2H2,1H3. The number of sulfonamides is 1. The number of fused-ring (bicyclic) bond motifs is 3. The smallest absolute Gasteiger partial charge is 0.275 e. The lowest BCUT2D eigenvalue weighted by Gasteiger charge is -2.21. The molecule has 0 aliphatic rings. The SMILES string of the molecule is CCN(c1nc2ccccc2n2c(-c3ccco3)nnc12)S(=O)(=O)c1cccs1. The van der Waals surface area contributed by atoms with Gasteiger partial charge in [0.05, 0.1) is 17.3 Å². The summed E-state index contributed by atoms with van der Waals surface area (Å²) in [5, 5.41) is 10.3. The fourth-order valence-corrected chi connectivity index (χ4v) is 5.78. The average Bonchev–Trinajstić information content (AvgIpc) is 3.49. The summed E-state index contributed by atoms with van der Waals surface area (Å²) in [6, 6.07) is 14.3. The molecule has 4 heterocycles. The zero-order valence-corrected chi connectivity index (χ0v) is 16.9. The molecule has 146 valence electrons. The van der Waals surface area contributed by atoms with Crippen molar-refractivity contribution in [3.63, 3.8) is 0 Å². The Morgan fingerprint density at radius 1 is 1.10 bits per heavy atom. The molecule has 1 aromatic carbocycles. The molecule has 10 heteroatoms. The van der Waals surface area contributed by atoms with Crippen LogP contribution in [0.1, 0.15) is 6.92 Å². The Morgan fingerprint density at radius 2 is 1.97 bits per heavy atom. The van der Waals surface area contributed by atoms with Gasteiger partial charge in [0.2, 0.25) is 11.5 Å². The fraction of sp³-hybridized carbons (Fsp3) is 0.105. The van der Waals surface area contributed by atoms with Gasteiger partial charge < -0.3 is 4.42 Å². The molecule has 0 unspecified atom stereocenters. The second-order valence-corrected chi connectivity index (χ2v) is 9.22. The first-order chi connectivity index (χ1) is 14.1. The molecule has 0 bridgehead atoms. The Balaban J connectivity index is 1.84. The molecular weight excluding hydrogens is 410 g/mol. The molecule has 0 atom stereocenters. The van der Waals surface area contributed by atoms with Crippen LogP contribution in [0.2, 0.25) is 0 Å². The van der Waals surface area contributed by atoms with Crippen LogP contribution in [0, 0.1) is 0 Å². The molecule has 0 aliphatic carbocycles. The minimum absolute atomic E-state index is 0.199. The van der Waals surface area contributed by atoms with Gasteiger partial charge in [-0.1, -0.05) is 18.2 Å². The molecule has 5 rings (SSSR count). The lowest BCUT2D eigenvalue weighted by molar-refractivity contribution is 0.576. The summed E-state index contributed by atoms with van der Waals surface area (Å²) in [6.07, 6.45) is 1.56. The van der Waals surface area contributed by atoms with E-state index < -0.39 is 10.0 Å². The summed E-state index contributed by atoms with van der Waals surface area (Å²) < 4.78 is 35.3. The van der Waals surface area contributed by atoms with Crippen molar-refractivity contribution in [1.29, 1.82) is 0 Å². The van der Waals surface area contributed by atoms with Crippen LogP contribution in [0.4, 0.5) is 5.82 Å². The number of rotatable bonds is 5. The second kappa shape index (κ2) is 6.68. The number of nitrogens with zero attached hydrogens (tertiary/aromatic N) is 5. The highest BCUT2D eigenvalue weighted by Gasteiger charge is 2.30. The van der Waals surface area contributed by atoms with Crippen LogP contribution in [0.5, 0.6) is 0 Å². The van der Waals surface area contributed by atoms with Crippen molar-refractivity contribution in [3.05, 3.63) is 60.2 Å². The van der Waals surface area contributed by atoms with Crippen molar-refractivity contribution in [2.75, 3.05) is 10.8 Å². The lowest BCUT2D eigenvalue weighted by atomic mass is 10.3. The molecule has 0 fully saturated rings. The number of thiophene rings is 1. The maximum absolute atomic E-state index is 13.3. The van der Waals surface area contributed by atoms with Gasteiger partial charge in [0, 0.05) is 6.54 Å². The Hall–Kier alpha value is -3.24. The van der Waals surface area contributed by atoms with Gasteiger partial charge in [-0.3, -0.25) is 4.40 Å².